The van der Waals surface area contributed by atoms with Gasteiger partial charge in [0, 0.05) is 43.9 Å². The molecular weight excluding hydrogens is 388 g/mol. The van der Waals surface area contributed by atoms with Crippen LogP contribution in [-0.4, -0.2) is 64.1 Å². The highest BCUT2D eigenvalue weighted by Crippen LogP contribution is 2.29. The van der Waals surface area contributed by atoms with Crippen LogP contribution in [0.5, 0.6) is 0 Å². The summed E-state index contributed by atoms with van der Waals surface area (Å²) in [4.78, 5) is 45.4. The number of hydrogen-bond acceptors (Lipinski definition) is 5. The Morgan fingerprint density at radius 3 is 2.55 bits per heavy atom. The van der Waals surface area contributed by atoms with Crippen molar-refractivity contribution < 1.29 is 14.4 Å². The summed E-state index contributed by atoms with van der Waals surface area (Å²) < 4.78 is 0. The summed E-state index contributed by atoms with van der Waals surface area (Å²) in [6.07, 6.45) is 5.60. The lowest BCUT2D eigenvalue weighted by Gasteiger charge is -2.27. The number of nitrogens with zero attached hydrogens (tertiary/aromatic N) is 3. The fourth-order valence-corrected chi connectivity index (χ4v) is 5.06. The Hall–Kier alpha value is -2.35. The second kappa shape index (κ2) is 8.98. The van der Waals surface area contributed by atoms with Crippen molar-refractivity contribution in [1.29, 1.82) is 0 Å². The van der Waals surface area contributed by atoms with E-state index in [1.54, 1.807) is 24.3 Å². The van der Waals surface area contributed by atoms with Gasteiger partial charge in [0.25, 0.3) is 11.8 Å². The number of rotatable bonds is 4. The number of carbonyl (C=O) groups excluding carboxylic acids is 3. The Morgan fingerprint density at radius 1 is 1.07 bits per heavy atom. The smallest absolute Gasteiger partial charge is 0.262 e. The van der Waals surface area contributed by atoms with Crippen LogP contribution in [0.25, 0.3) is 0 Å². The zero-order chi connectivity index (χ0) is 20.2. The molecule has 7 nitrogen and oxygen atoms in total. The highest BCUT2D eigenvalue weighted by Gasteiger charge is 2.33. The number of amides is 3. The van der Waals surface area contributed by atoms with Gasteiger partial charge in [0.1, 0.15) is 5.25 Å². The maximum Gasteiger partial charge on any atom is 0.262 e. The van der Waals surface area contributed by atoms with Crippen molar-refractivity contribution in [2.45, 2.75) is 43.8 Å². The van der Waals surface area contributed by atoms with Gasteiger partial charge in [-0.15, -0.1) is 0 Å². The van der Waals surface area contributed by atoms with Crippen LogP contribution >= 0.6 is 11.8 Å². The quantitative estimate of drug-likeness (QED) is 0.819. The number of amidine groups is 1. The molecule has 3 aliphatic heterocycles. The molecule has 3 aliphatic rings. The minimum atomic E-state index is -0.471. The molecule has 1 aromatic carbocycles. The van der Waals surface area contributed by atoms with Gasteiger partial charge in [-0.2, -0.15) is 4.99 Å². The van der Waals surface area contributed by atoms with Crippen LogP contribution < -0.4 is 5.32 Å². The van der Waals surface area contributed by atoms with E-state index in [1.807, 2.05) is 4.90 Å². The van der Waals surface area contributed by atoms with E-state index in [-0.39, 0.29) is 24.1 Å². The van der Waals surface area contributed by atoms with Gasteiger partial charge in [-0.3, -0.25) is 14.4 Å². The molecule has 29 heavy (non-hydrogen) atoms. The summed E-state index contributed by atoms with van der Waals surface area (Å²) >= 11 is 1.39. The molecular formula is C21H26N4O3S. The number of aliphatic imine (C=N–C) groups is 1. The summed E-state index contributed by atoms with van der Waals surface area (Å²) in [7, 11) is 0. The molecule has 0 radical (unpaired) electrons. The molecule has 0 saturated carbocycles. The maximum absolute atomic E-state index is 12.5. The van der Waals surface area contributed by atoms with Crippen molar-refractivity contribution in [3.63, 3.8) is 0 Å². The lowest BCUT2D eigenvalue weighted by atomic mass is 10.1. The van der Waals surface area contributed by atoms with E-state index in [2.05, 4.69) is 15.2 Å². The summed E-state index contributed by atoms with van der Waals surface area (Å²) in [5.41, 5.74) is 1.15. The summed E-state index contributed by atoms with van der Waals surface area (Å²) in [6.45, 7) is 3.43. The SMILES string of the molecule is O=C(CC1SC(N2CCCCC2)=NC1=O)Nc1cccc(C(=O)N2CCCC2)c1. The molecule has 2 fully saturated rings. The van der Waals surface area contributed by atoms with E-state index in [0.29, 0.717) is 11.3 Å². The van der Waals surface area contributed by atoms with Gasteiger partial charge < -0.3 is 15.1 Å². The fraction of sp³-hybridized carbons (Fsp3) is 0.524. The number of likely N-dealkylation sites (tertiary alicyclic amines) is 2. The fourth-order valence-electron chi connectivity index (χ4n) is 3.94. The number of piperidine rings is 1. The first kappa shape index (κ1) is 19.9. The molecule has 0 aliphatic carbocycles. The van der Waals surface area contributed by atoms with E-state index >= 15 is 0 Å². The van der Waals surface area contributed by atoms with Crippen molar-refractivity contribution in [3.05, 3.63) is 29.8 Å². The second-order valence-corrected chi connectivity index (χ2v) is 8.89. The van der Waals surface area contributed by atoms with E-state index in [4.69, 9.17) is 0 Å². The minimum Gasteiger partial charge on any atom is -0.351 e. The highest BCUT2D eigenvalue weighted by atomic mass is 32.2. The van der Waals surface area contributed by atoms with Crippen LogP contribution in [0, 0.1) is 0 Å². The number of benzene rings is 1. The first-order chi connectivity index (χ1) is 14.1. The molecule has 1 atom stereocenters. The van der Waals surface area contributed by atoms with E-state index in [0.717, 1.165) is 57.0 Å². The molecule has 3 amide bonds. The molecule has 0 bridgehead atoms. The predicted molar refractivity (Wildman–Crippen MR) is 114 cm³/mol. The van der Waals surface area contributed by atoms with Crippen molar-refractivity contribution in [2.24, 2.45) is 4.99 Å². The van der Waals surface area contributed by atoms with Crippen LogP contribution in [0.1, 0.15) is 48.9 Å². The van der Waals surface area contributed by atoms with E-state index < -0.39 is 5.25 Å². The van der Waals surface area contributed by atoms with Crippen LogP contribution in [-0.2, 0) is 9.59 Å². The molecule has 0 aromatic heterocycles. The van der Waals surface area contributed by atoms with Gasteiger partial charge in [-0.1, -0.05) is 17.8 Å². The van der Waals surface area contributed by atoms with Crippen molar-refractivity contribution in [1.82, 2.24) is 9.80 Å². The summed E-state index contributed by atoms with van der Waals surface area (Å²) in [5.74, 6) is -0.472. The standard InChI is InChI=1S/C21H26N4O3S/c26-18(14-17-19(27)23-21(29-17)25-11-2-1-3-12-25)22-16-8-6-7-15(13-16)20(28)24-9-4-5-10-24/h6-8,13,17H,1-5,9-12,14H2,(H,22,26). The van der Waals surface area contributed by atoms with Gasteiger partial charge in [0.15, 0.2) is 5.17 Å². The Bertz CT molecular complexity index is 829. The Morgan fingerprint density at radius 2 is 1.79 bits per heavy atom. The summed E-state index contributed by atoms with van der Waals surface area (Å²) in [6, 6.07) is 7.01. The first-order valence-electron chi connectivity index (χ1n) is 10.3. The first-order valence-corrected chi connectivity index (χ1v) is 11.2. The zero-order valence-corrected chi connectivity index (χ0v) is 17.2. The third-order valence-electron chi connectivity index (χ3n) is 5.51. The van der Waals surface area contributed by atoms with Gasteiger partial charge in [0.2, 0.25) is 5.91 Å². The van der Waals surface area contributed by atoms with Crippen molar-refractivity contribution in [2.75, 3.05) is 31.5 Å². The summed E-state index contributed by atoms with van der Waals surface area (Å²) in [5, 5.41) is 3.11. The maximum atomic E-state index is 12.5. The lowest BCUT2D eigenvalue weighted by molar-refractivity contribution is -0.121. The molecule has 8 heteroatoms. The molecule has 1 aromatic rings. The van der Waals surface area contributed by atoms with E-state index in [9.17, 15) is 14.4 Å². The Balaban J connectivity index is 1.32. The van der Waals surface area contributed by atoms with Gasteiger partial charge in [-0.05, 0) is 50.3 Å². The molecule has 1 N–H and O–H groups in total. The van der Waals surface area contributed by atoms with Crippen LogP contribution in [0.4, 0.5) is 5.69 Å². The Kier molecular flexibility index (Phi) is 6.18. The average molecular weight is 415 g/mol. The predicted octanol–water partition coefficient (Wildman–Crippen LogP) is 2.74. The molecule has 0 spiro atoms. The normalized spacial score (nSPS) is 22.0. The Labute approximate surface area is 174 Å². The van der Waals surface area contributed by atoms with Crippen molar-refractivity contribution >= 4 is 40.3 Å². The third kappa shape index (κ3) is 4.80. The number of thioether (sulfide) groups is 1. The molecule has 4 rings (SSSR count). The highest BCUT2D eigenvalue weighted by molar-refractivity contribution is 8.15. The molecule has 3 heterocycles. The van der Waals surface area contributed by atoms with Crippen LogP contribution in [0.3, 0.4) is 0 Å². The monoisotopic (exact) mass is 414 g/mol. The zero-order valence-electron chi connectivity index (χ0n) is 16.4. The largest absolute Gasteiger partial charge is 0.351 e. The minimum absolute atomic E-state index is 0.000279. The van der Waals surface area contributed by atoms with E-state index in [1.165, 1.54) is 18.2 Å². The van der Waals surface area contributed by atoms with Gasteiger partial charge in [-0.25, -0.2) is 0 Å². The average Bonchev–Trinajstić information content (AvgIpc) is 3.39. The lowest BCUT2D eigenvalue weighted by Crippen LogP contribution is -2.33. The number of anilines is 1. The molecule has 154 valence electrons. The van der Waals surface area contributed by atoms with Gasteiger partial charge >= 0.3 is 0 Å². The van der Waals surface area contributed by atoms with Gasteiger partial charge in [0.05, 0.1) is 0 Å². The molecule has 1 unspecified atom stereocenters. The van der Waals surface area contributed by atoms with Crippen LogP contribution in [0.15, 0.2) is 29.3 Å². The topological polar surface area (TPSA) is 82.1 Å². The third-order valence-corrected chi connectivity index (χ3v) is 6.73. The second-order valence-electron chi connectivity index (χ2n) is 7.72. The number of nitrogens with one attached hydrogen (secondary N) is 1. The van der Waals surface area contributed by atoms with Crippen molar-refractivity contribution in [3.8, 4) is 0 Å². The molecule has 2 saturated heterocycles. The number of hydrogen-bond donors (Lipinski definition) is 1. The van der Waals surface area contributed by atoms with Crippen LogP contribution in [0.2, 0.25) is 0 Å². The number of carbonyl (C=O) groups is 3.